The molecule has 1 unspecified atom stereocenters. The van der Waals surface area contributed by atoms with Gasteiger partial charge in [0, 0.05) is 16.1 Å². The Balaban J connectivity index is 1.84. The number of hydrogen-bond acceptors (Lipinski definition) is 2. The molecule has 1 aliphatic rings. The lowest BCUT2D eigenvalue weighted by Gasteiger charge is -2.27. The van der Waals surface area contributed by atoms with Gasteiger partial charge in [0.05, 0.1) is 12.0 Å². The van der Waals surface area contributed by atoms with Gasteiger partial charge < -0.3 is 15.7 Å². The Kier molecular flexibility index (Phi) is 5.98. The van der Waals surface area contributed by atoms with E-state index in [1.165, 1.54) is 6.07 Å². The Bertz CT molecular complexity index is 589. The van der Waals surface area contributed by atoms with Crippen molar-refractivity contribution >= 4 is 27.9 Å². The molecule has 0 aromatic heterocycles. The molecule has 1 atom stereocenters. The molecule has 0 saturated heterocycles. The summed E-state index contributed by atoms with van der Waals surface area (Å²) in [5.74, 6) is -1.46. The summed E-state index contributed by atoms with van der Waals surface area (Å²) < 4.78 is 14.5. The SMILES string of the molecule is CC(NC(=O)NC1CCC(C(=O)O)CC1)c1ccc(Br)cc1F. The summed E-state index contributed by atoms with van der Waals surface area (Å²) in [7, 11) is 0. The molecule has 1 aliphatic carbocycles. The van der Waals surface area contributed by atoms with Gasteiger partial charge in [-0.25, -0.2) is 9.18 Å². The Morgan fingerprint density at radius 1 is 1.30 bits per heavy atom. The molecule has 0 spiro atoms. The third-order valence-corrected chi connectivity index (χ3v) is 4.68. The van der Waals surface area contributed by atoms with E-state index >= 15 is 0 Å². The maximum Gasteiger partial charge on any atom is 0.315 e. The third-order valence-electron chi connectivity index (χ3n) is 4.19. The quantitative estimate of drug-likeness (QED) is 0.739. The summed E-state index contributed by atoms with van der Waals surface area (Å²) in [6, 6.07) is 3.85. The number of carboxylic acids is 1. The van der Waals surface area contributed by atoms with E-state index in [0.717, 1.165) is 0 Å². The number of aliphatic carboxylic acids is 1. The van der Waals surface area contributed by atoms with Crippen molar-refractivity contribution in [2.45, 2.75) is 44.7 Å². The fraction of sp³-hybridized carbons (Fsp3) is 0.500. The molecule has 0 aliphatic heterocycles. The first-order chi connectivity index (χ1) is 10.9. The highest BCUT2D eigenvalue weighted by atomic mass is 79.9. The average Bonchev–Trinajstić information content (AvgIpc) is 2.47. The first-order valence-electron chi connectivity index (χ1n) is 7.61. The smallest absolute Gasteiger partial charge is 0.315 e. The van der Waals surface area contributed by atoms with Crippen LogP contribution in [0, 0.1) is 11.7 Å². The molecule has 1 aromatic rings. The first-order valence-corrected chi connectivity index (χ1v) is 8.41. The largest absolute Gasteiger partial charge is 0.481 e. The van der Waals surface area contributed by atoms with Gasteiger partial charge in [-0.1, -0.05) is 22.0 Å². The van der Waals surface area contributed by atoms with Crippen LogP contribution in [0.2, 0.25) is 0 Å². The van der Waals surface area contributed by atoms with Crippen molar-refractivity contribution < 1.29 is 19.1 Å². The predicted octanol–water partition coefficient (Wildman–Crippen LogP) is 3.59. The summed E-state index contributed by atoms with van der Waals surface area (Å²) in [6.45, 7) is 1.72. The van der Waals surface area contributed by atoms with E-state index in [-0.39, 0.29) is 23.8 Å². The number of hydrogen-bond donors (Lipinski definition) is 3. The van der Waals surface area contributed by atoms with E-state index in [1.807, 2.05) is 0 Å². The molecule has 5 nitrogen and oxygen atoms in total. The van der Waals surface area contributed by atoms with Gasteiger partial charge >= 0.3 is 12.0 Å². The topological polar surface area (TPSA) is 78.4 Å². The molecule has 0 bridgehead atoms. The molecule has 1 fully saturated rings. The van der Waals surface area contributed by atoms with E-state index < -0.39 is 12.0 Å². The molecule has 2 rings (SSSR count). The van der Waals surface area contributed by atoms with Crippen molar-refractivity contribution in [2.75, 3.05) is 0 Å². The Labute approximate surface area is 142 Å². The fourth-order valence-electron chi connectivity index (χ4n) is 2.84. The van der Waals surface area contributed by atoms with Crippen LogP contribution in [0.1, 0.15) is 44.2 Å². The molecule has 0 radical (unpaired) electrons. The summed E-state index contributed by atoms with van der Waals surface area (Å²) in [5.41, 5.74) is 0.415. The minimum atomic E-state index is -0.771. The summed E-state index contributed by atoms with van der Waals surface area (Å²) >= 11 is 3.20. The van der Waals surface area contributed by atoms with Gasteiger partial charge in [-0.3, -0.25) is 4.79 Å². The van der Waals surface area contributed by atoms with Crippen LogP contribution in [0.5, 0.6) is 0 Å². The van der Waals surface area contributed by atoms with Gasteiger partial charge in [-0.2, -0.15) is 0 Å². The van der Waals surface area contributed by atoms with Gasteiger partial charge in [0.25, 0.3) is 0 Å². The van der Waals surface area contributed by atoms with Crippen molar-refractivity contribution in [3.05, 3.63) is 34.1 Å². The summed E-state index contributed by atoms with van der Waals surface area (Å²) in [5, 5.41) is 14.5. The van der Waals surface area contributed by atoms with Crippen LogP contribution < -0.4 is 10.6 Å². The highest BCUT2D eigenvalue weighted by molar-refractivity contribution is 9.10. The number of halogens is 2. The van der Waals surface area contributed by atoms with Crippen molar-refractivity contribution in [2.24, 2.45) is 5.92 Å². The molecule has 0 heterocycles. The standard InChI is InChI=1S/C16H20BrFN2O3/c1-9(13-7-4-11(17)8-14(13)18)19-16(23)20-12-5-2-10(3-6-12)15(21)22/h4,7-10,12H,2-3,5-6H2,1H3,(H,21,22)(H2,19,20,23). The fourth-order valence-corrected chi connectivity index (χ4v) is 3.17. The van der Waals surface area contributed by atoms with E-state index in [0.29, 0.717) is 35.7 Å². The van der Waals surface area contributed by atoms with Crippen molar-refractivity contribution in [3.63, 3.8) is 0 Å². The molecule has 7 heteroatoms. The maximum atomic E-state index is 13.9. The van der Waals surface area contributed by atoms with Crippen LogP contribution in [0.15, 0.2) is 22.7 Å². The monoisotopic (exact) mass is 386 g/mol. The van der Waals surface area contributed by atoms with Crippen LogP contribution in [-0.4, -0.2) is 23.1 Å². The van der Waals surface area contributed by atoms with Crippen LogP contribution in [0.4, 0.5) is 9.18 Å². The lowest BCUT2D eigenvalue weighted by atomic mass is 9.86. The Hall–Kier alpha value is -1.63. The van der Waals surface area contributed by atoms with E-state index in [2.05, 4.69) is 26.6 Å². The molecule has 23 heavy (non-hydrogen) atoms. The Morgan fingerprint density at radius 3 is 2.52 bits per heavy atom. The number of rotatable bonds is 4. The lowest BCUT2D eigenvalue weighted by molar-refractivity contribution is -0.142. The molecule has 2 amide bonds. The molecular formula is C16H20BrFN2O3. The second-order valence-corrected chi connectivity index (χ2v) is 6.81. The number of benzene rings is 1. The second-order valence-electron chi connectivity index (χ2n) is 5.89. The van der Waals surface area contributed by atoms with Gasteiger partial charge in [-0.05, 0) is 44.7 Å². The zero-order valence-corrected chi connectivity index (χ0v) is 14.4. The number of urea groups is 1. The average molecular weight is 387 g/mol. The minimum absolute atomic E-state index is 0.0347. The third kappa shape index (κ3) is 4.92. The van der Waals surface area contributed by atoms with Crippen LogP contribution in [0.25, 0.3) is 0 Å². The van der Waals surface area contributed by atoms with Crippen LogP contribution in [0.3, 0.4) is 0 Å². The first kappa shape index (κ1) is 17.7. The van der Waals surface area contributed by atoms with Gasteiger partial charge in [0.1, 0.15) is 5.82 Å². The molecule has 3 N–H and O–H groups in total. The Morgan fingerprint density at radius 2 is 1.96 bits per heavy atom. The molecule has 1 aromatic carbocycles. The summed E-state index contributed by atoms with van der Waals surface area (Å²) in [6.07, 6.45) is 2.42. The highest BCUT2D eigenvalue weighted by Crippen LogP contribution is 2.25. The van der Waals surface area contributed by atoms with Gasteiger partial charge in [-0.15, -0.1) is 0 Å². The van der Waals surface area contributed by atoms with Gasteiger partial charge in [0.2, 0.25) is 0 Å². The lowest BCUT2D eigenvalue weighted by Crippen LogP contribution is -2.44. The summed E-state index contributed by atoms with van der Waals surface area (Å²) in [4.78, 5) is 22.9. The van der Waals surface area contributed by atoms with Crippen molar-refractivity contribution in [3.8, 4) is 0 Å². The van der Waals surface area contributed by atoms with E-state index in [4.69, 9.17) is 5.11 Å². The number of carbonyl (C=O) groups is 2. The highest BCUT2D eigenvalue weighted by Gasteiger charge is 2.27. The normalized spacial score (nSPS) is 22.2. The number of carbonyl (C=O) groups excluding carboxylic acids is 1. The van der Waals surface area contributed by atoms with Crippen LogP contribution in [-0.2, 0) is 4.79 Å². The van der Waals surface area contributed by atoms with Gasteiger partial charge in [0.15, 0.2) is 0 Å². The number of carboxylic acid groups (broad SMARTS) is 1. The molecular weight excluding hydrogens is 367 g/mol. The zero-order chi connectivity index (χ0) is 17.0. The second kappa shape index (κ2) is 7.77. The maximum absolute atomic E-state index is 13.9. The van der Waals surface area contributed by atoms with E-state index in [1.54, 1.807) is 19.1 Å². The van der Waals surface area contributed by atoms with Crippen molar-refractivity contribution in [1.82, 2.24) is 10.6 Å². The van der Waals surface area contributed by atoms with Crippen LogP contribution >= 0.6 is 15.9 Å². The number of amides is 2. The predicted molar refractivity (Wildman–Crippen MR) is 87.6 cm³/mol. The zero-order valence-electron chi connectivity index (χ0n) is 12.8. The van der Waals surface area contributed by atoms with Crippen molar-refractivity contribution in [1.29, 1.82) is 0 Å². The minimum Gasteiger partial charge on any atom is -0.481 e. The molecule has 126 valence electrons. The number of nitrogens with one attached hydrogen (secondary N) is 2. The molecule has 1 saturated carbocycles. The van der Waals surface area contributed by atoms with E-state index in [9.17, 15) is 14.0 Å².